The summed E-state index contributed by atoms with van der Waals surface area (Å²) in [5.74, 6) is 0.123. The molecule has 19 heavy (non-hydrogen) atoms. The van der Waals surface area contributed by atoms with E-state index in [2.05, 4.69) is 24.2 Å². The second kappa shape index (κ2) is 5.59. The highest BCUT2D eigenvalue weighted by Crippen LogP contribution is 2.22. The molecule has 4 heteroatoms. The standard InChI is InChI=1S/C15H23N3O/c1-5-8-13-9-7-10-17(13)15(19)14-11(3)16-18(6-2)12(14)4/h7,9,13H,5-6,8,10H2,1-4H3. The monoisotopic (exact) mass is 261 g/mol. The van der Waals surface area contributed by atoms with Crippen LogP contribution in [0.1, 0.15) is 48.4 Å². The summed E-state index contributed by atoms with van der Waals surface area (Å²) in [6, 6.07) is 0.251. The predicted octanol–water partition coefficient (Wildman–Crippen LogP) is 2.70. The Hall–Kier alpha value is -1.58. The quantitative estimate of drug-likeness (QED) is 0.782. The normalized spacial score (nSPS) is 18.3. The lowest BCUT2D eigenvalue weighted by atomic mass is 10.1. The highest BCUT2D eigenvalue weighted by Gasteiger charge is 2.28. The summed E-state index contributed by atoms with van der Waals surface area (Å²) >= 11 is 0. The molecule has 104 valence electrons. The van der Waals surface area contributed by atoms with Crippen molar-refractivity contribution in [2.75, 3.05) is 6.54 Å². The molecule has 1 unspecified atom stereocenters. The Labute approximate surface area is 115 Å². The van der Waals surface area contributed by atoms with Crippen molar-refractivity contribution in [1.82, 2.24) is 14.7 Å². The zero-order valence-electron chi connectivity index (χ0n) is 12.3. The van der Waals surface area contributed by atoms with Gasteiger partial charge in [0.2, 0.25) is 0 Å². The van der Waals surface area contributed by atoms with Crippen LogP contribution >= 0.6 is 0 Å². The Morgan fingerprint density at radius 1 is 1.42 bits per heavy atom. The Morgan fingerprint density at radius 3 is 2.74 bits per heavy atom. The van der Waals surface area contributed by atoms with Crippen molar-refractivity contribution in [3.05, 3.63) is 29.1 Å². The fourth-order valence-electron chi connectivity index (χ4n) is 2.81. The van der Waals surface area contributed by atoms with Gasteiger partial charge < -0.3 is 4.90 Å². The third-order valence-corrected chi connectivity index (χ3v) is 3.80. The van der Waals surface area contributed by atoms with Crippen LogP contribution in [0.4, 0.5) is 0 Å². The van der Waals surface area contributed by atoms with Crippen molar-refractivity contribution in [1.29, 1.82) is 0 Å². The van der Waals surface area contributed by atoms with Gasteiger partial charge in [0.15, 0.2) is 0 Å². The molecule has 1 aromatic rings. The molecule has 0 N–H and O–H groups in total. The minimum Gasteiger partial charge on any atom is -0.328 e. The van der Waals surface area contributed by atoms with Gasteiger partial charge in [-0.3, -0.25) is 9.48 Å². The fourth-order valence-corrected chi connectivity index (χ4v) is 2.81. The molecule has 0 fully saturated rings. The van der Waals surface area contributed by atoms with E-state index in [1.165, 1.54) is 0 Å². The molecule has 0 spiro atoms. The van der Waals surface area contributed by atoms with Crippen molar-refractivity contribution in [3.8, 4) is 0 Å². The number of hydrogen-bond acceptors (Lipinski definition) is 2. The summed E-state index contributed by atoms with van der Waals surface area (Å²) in [5.41, 5.74) is 2.60. The molecule has 0 bridgehead atoms. The molecular formula is C15H23N3O. The lowest BCUT2D eigenvalue weighted by Crippen LogP contribution is -2.36. The van der Waals surface area contributed by atoms with Crippen LogP contribution in [0.15, 0.2) is 12.2 Å². The highest BCUT2D eigenvalue weighted by atomic mass is 16.2. The van der Waals surface area contributed by atoms with Crippen LogP contribution in [0.2, 0.25) is 0 Å². The van der Waals surface area contributed by atoms with E-state index in [0.717, 1.165) is 42.9 Å². The average molecular weight is 261 g/mol. The van der Waals surface area contributed by atoms with Crippen LogP contribution in [-0.4, -0.2) is 33.2 Å². The molecule has 2 heterocycles. The Bertz CT molecular complexity index is 502. The first kappa shape index (κ1) is 13.8. The summed E-state index contributed by atoms with van der Waals surface area (Å²) in [5, 5.41) is 4.44. The molecular weight excluding hydrogens is 238 g/mol. The first-order valence-electron chi connectivity index (χ1n) is 7.11. The van der Waals surface area contributed by atoms with Crippen LogP contribution in [0.25, 0.3) is 0 Å². The first-order valence-corrected chi connectivity index (χ1v) is 7.11. The third-order valence-electron chi connectivity index (χ3n) is 3.80. The fraction of sp³-hybridized carbons (Fsp3) is 0.600. The second-order valence-electron chi connectivity index (χ2n) is 5.10. The van der Waals surface area contributed by atoms with Gasteiger partial charge in [-0.1, -0.05) is 25.5 Å². The van der Waals surface area contributed by atoms with E-state index in [1.54, 1.807) is 0 Å². The third kappa shape index (κ3) is 2.44. The van der Waals surface area contributed by atoms with Crippen LogP contribution in [0.5, 0.6) is 0 Å². The van der Waals surface area contributed by atoms with Crippen molar-refractivity contribution in [2.45, 2.75) is 53.1 Å². The van der Waals surface area contributed by atoms with Crippen LogP contribution in [0.3, 0.4) is 0 Å². The Balaban J connectivity index is 2.27. The molecule has 0 saturated heterocycles. The smallest absolute Gasteiger partial charge is 0.258 e. The lowest BCUT2D eigenvalue weighted by molar-refractivity contribution is 0.0743. The van der Waals surface area contributed by atoms with Gasteiger partial charge in [-0.2, -0.15) is 5.10 Å². The summed E-state index contributed by atoms with van der Waals surface area (Å²) < 4.78 is 1.90. The van der Waals surface area contributed by atoms with Crippen LogP contribution in [-0.2, 0) is 6.54 Å². The Kier molecular flexibility index (Phi) is 4.08. The molecule has 0 aliphatic carbocycles. The van der Waals surface area contributed by atoms with Crippen molar-refractivity contribution >= 4 is 5.91 Å². The number of carbonyl (C=O) groups excluding carboxylic acids is 1. The van der Waals surface area contributed by atoms with Gasteiger partial charge in [0.25, 0.3) is 5.91 Å². The second-order valence-corrected chi connectivity index (χ2v) is 5.10. The zero-order chi connectivity index (χ0) is 14.0. The van der Waals surface area contributed by atoms with Gasteiger partial charge in [-0.15, -0.1) is 0 Å². The Morgan fingerprint density at radius 2 is 2.16 bits per heavy atom. The van der Waals surface area contributed by atoms with Gasteiger partial charge in [-0.05, 0) is 27.2 Å². The summed E-state index contributed by atoms with van der Waals surface area (Å²) in [6.45, 7) is 9.63. The van der Waals surface area contributed by atoms with E-state index in [1.807, 2.05) is 30.4 Å². The molecule has 4 nitrogen and oxygen atoms in total. The topological polar surface area (TPSA) is 38.1 Å². The van der Waals surface area contributed by atoms with Crippen molar-refractivity contribution in [3.63, 3.8) is 0 Å². The maximum Gasteiger partial charge on any atom is 0.258 e. The first-order chi connectivity index (χ1) is 9.10. The molecule has 1 amide bonds. The number of hydrogen-bond donors (Lipinski definition) is 0. The van der Waals surface area contributed by atoms with Crippen LogP contribution < -0.4 is 0 Å². The predicted molar refractivity (Wildman–Crippen MR) is 76.2 cm³/mol. The average Bonchev–Trinajstić information content (AvgIpc) is 2.94. The van der Waals surface area contributed by atoms with Gasteiger partial charge in [0.05, 0.1) is 17.3 Å². The van der Waals surface area contributed by atoms with Crippen LogP contribution in [0, 0.1) is 13.8 Å². The number of nitrogens with zero attached hydrogens (tertiary/aromatic N) is 3. The lowest BCUT2D eigenvalue weighted by Gasteiger charge is -2.24. The molecule has 0 aromatic carbocycles. The molecule has 0 saturated carbocycles. The number of aromatic nitrogens is 2. The molecule has 1 aliphatic heterocycles. The van der Waals surface area contributed by atoms with Gasteiger partial charge >= 0.3 is 0 Å². The highest BCUT2D eigenvalue weighted by molar-refractivity contribution is 5.97. The maximum absolute atomic E-state index is 12.7. The van der Waals surface area contributed by atoms with E-state index in [9.17, 15) is 4.79 Å². The minimum atomic E-state index is 0.123. The minimum absolute atomic E-state index is 0.123. The largest absolute Gasteiger partial charge is 0.328 e. The summed E-state index contributed by atoms with van der Waals surface area (Å²) in [4.78, 5) is 14.7. The number of carbonyl (C=O) groups is 1. The van der Waals surface area contributed by atoms with E-state index >= 15 is 0 Å². The van der Waals surface area contributed by atoms with Gasteiger partial charge in [0.1, 0.15) is 0 Å². The number of amides is 1. The maximum atomic E-state index is 12.7. The summed E-state index contributed by atoms with van der Waals surface area (Å²) in [6.07, 6.45) is 6.36. The molecule has 1 aromatic heterocycles. The molecule has 1 atom stereocenters. The van der Waals surface area contributed by atoms with Gasteiger partial charge in [-0.25, -0.2) is 0 Å². The van der Waals surface area contributed by atoms with Crippen molar-refractivity contribution < 1.29 is 4.79 Å². The SMILES string of the molecule is CCCC1C=CCN1C(=O)c1c(C)nn(CC)c1C. The van der Waals surface area contributed by atoms with E-state index in [4.69, 9.17) is 0 Å². The summed E-state index contributed by atoms with van der Waals surface area (Å²) in [7, 11) is 0. The number of aryl methyl sites for hydroxylation is 2. The molecule has 2 rings (SSSR count). The van der Waals surface area contributed by atoms with Crippen molar-refractivity contribution in [2.24, 2.45) is 0 Å². The molecule has 0 radical (unpaired) electrons. The van der Waals surface area contributed by atoms with E-state index in [0.29, 0.717) is 0 Å². The van der Waals surface area contributed by atoms with E-state index < -0.39 is 0 Å². The van der Waals surface area contributed by atoms with E-state index in [-0.39, 0.29) is 11.9 Å². The number of rotatable bonds is 4. The van der Waals surface area contributed by atoms with Gasteiger partial charge in [0, 0.05) is 18.8 Å². The zero-order valence-corrected chi connectivity index (χ0v) is 12.3. The molecule has 1 aliphatic rings.